The Balaban J connectivity index is 2.26. The Labute approximate surface area is 129 Å². The Morgan fingerprint density at radius 2 is 2.05 bits per heavy atom. The highest BCUT2D eigenvalue weighted by Crippen LogP contribution is 2.27. The first-order valence-electron chi connectivity index (χ1n) is 6.98. The van der Waals surface area contributed by atoms with Gasteiger partial charge in [0.1, 0.15) is 0 Å². The van der Waals surface area contributed by atoms with Crippen molar-refractivity contribution in [1.29, 1.82) is 0 Å². The van der Waals surface area contributed by atoms with Crippen LogP contribution in [0.25, 0.3) is 0 Å². The molecule has 0 radical (unpaired) electrons. The number of benzene rings is 1. The van der Waals surface area contributed by atoms with E-state index in [1.54, 1.807) is 0 Å². The summed E-state index contributed by atoms with van der Waals surface area (Å²) in [7, 11) is 0. The third kappa shape index (κ3) is 4.90. The first-order valence-corrected chi connectivity index (χ1v) is 7.79. The molecular weight excluding hydrogens is 284 g/mol. The number of aryl methyl sites for hydroxylation is 1. The molecule has 112 valence electrons. The second kappa shape index (κ2) is 7.26. The third-order valence-corrected chi connectivity index (χ3v) is 3.32. The predicted molar refractivity (Wildman–Crippen MR) is 85.1 cm³/mol. The highest BCUT2D eigenvalue weighted by Gasteiger charge is 2.10. The molecule has 0 bridgehead atoms. The van der Waals surface area contributed by atoms with Gasteiger partial charge in [-0.2, -0.15) is 15.0 Å². The van der Waals surface area contributed by atoms with Crippen LogP contribution in [0.3, 0.4) is 0 Å². The maximum atomic E-state index is 5.59. The molecule has 0 atom stereocenters. The topological polar surface area (TPSA) is 59.9 Å². The highest BCUT2D eigenvalue weighted by molar-refractivity contribution is 7.99. The summed E-state index contributed by atoms with van der Waals surface area (Å²) in [5.41, 5.74) is 1.21. The molecule has 1 aromatic carbocycles. The van der Waals surface area contributed by atoms with E-state index >= 15 is 0 Å². The fourth-order valence-electron chi connectivity index (χ4n) is 1.67. The summed E-state index contributed by atoms with van der Waals surface area (Å²) < 4.78 is 5.59. The zero-order valence-electron chi connectivity index (χ0n) is 12.8. The van der Waals surface area contributed by atoms with Gasteiger partial charge in [-0.15, -0.1) is 0 Å². The van der Waals surface area contributed by atoms with Crippen molar-refractivity contribution in [2.24, 2.45) is 0 Å². The molecule has 2 aromatic rings. The van der Waals surface area contributed by atoms with Crippen molar-refractivity contribution in [3.63, 3.8) is 0 Å². The van der Waals surface area contributed by atoms with Crippen LogP contribution in [0.4, 0.5) is 5.95 Å². The minimum Gasteiger partial charge on any atom is -0.461 e. The molecule has 0 fully saturated rings. The molecule has 1 aromatic heterocycles. The van der Waals surface area contributed by atoms with E-state index < -0.39 is 0 Å². The zero-order chi connectivity index (χ0) is 15.2. The van der Waals surface area contributed by atoms with Crippen LogP contribution >= 0.6 is 11.8 Å². The van der Waals surface area contributed by atoms with Gasteiger partial charge in [0, 0.05) is 11.4 Å². The molecular formula is C15H20N4OS. The summed E-state index contributed by atoms with van der Waals surface area (Å²) in [5.74, 6) is 0.540. The van der Waals surface area contributed by atoms with Crippen LogP contribution in [-0.4, -0.2) is 27.6 Å². The first kappa shape index (κ1) is 15.6. The number of hydrogen-bond donors (Lipinski definition) is 1. The molecule has 5 nitrogen and oxygen atoms in total. The van der Waals surface area contributed by atoms with Crippen LogP contribution in [-0.2, 0) is 0 Å². The molecule has 0 unspecified atom stereocenters. The van der Waals surface area contributed by atoms with Crippen LogP contribution in [0, 0.1) is 6.92 Å². The monoisotopic (exact) mass is 304 g/mol. The second-order valence-electron chi connectivity index (χ2n) is 4.84. The van der Waals surface area contributed by atoms with Crippen LogP contribution in [0.5, 0.6) is 6.01 Å². The Hall–Kier alpha value is -1.82. The van der Waals surface area contributed by atoms with Gasteiger partial charge in [0.2, 0.25) is 11.1 Å². The van der Waals surface area contributed by atoms with Crippen LogP contribution < -0.4 is 10.1 Å². The molecule has 6 heteroatoms. The largest absolute Gasteiger partial charge is 0.461 e. The van der Waals surface area contributed by atoms with Gasteiger partial charge in [-0.25, -0.2) is 0 Å². The normalized spacial score (nSPS) is 10.7. The number of rotatable bonds is 6. The first-order chi connectivity index (χ1) is 10.1. The smallest absolute Gasteiger partial charge is 0.322 e. The Morgan fingerprint density at radius 1 is 1.24 bits per heavy atom. The van der Waals surface area contributed by atoms with E-state index in [1.807, 2.05) is 32.9 Å². The number of aromatic nitrogens is 3. The lowest BCUT2D eigenvalue weighted by atomic mass is 10.2. The van der Waals surface area contributed by atoms with Crippen molar-refractivity contribution in [2.45, 2.75) is 43.9 Å². The molecule has 0 spiro atoms. The predicted octanol–water partition coefficient (Wildman–Crippen LogP) is 3.55. The molecule has 0 amide bonds. The molecule has 0 saturated carbocycles. The Kier molecular flexibility index (Phi) is 5.38. The fraction of sp³-hybridized carbons (Fsp3) is 0.400. The van der Waals surface area contributed by atoms with Gasteiger partial charge in [0.05, 0.1) is 6.10 Å². The van der Waals surface area contributed by atoms with Crippen molar-refractivity contribution in [3.8, 4) is 6.01 Å². The number of anilines is 1. The summed E-state index contributed by atoms with van der Waals surface area (Å²) in [6, 6.07) is 8.58. The minimum absolute atomic E-state index is 0.0266. The summed E-state index contributed by atoms with van der Waals surface area (Å²) >= 11 is 1.50. The summed E-state index contributed by atoms with van der Waals surface area (Å²) in [5, 5.41) is 3.73. The van der Waals surface area contributed by atoms with E-state index in [9.17, 15) is 0 Å². The van der Waals surface area contributed by atoms with Crippen molar-refractivity contribution < 1.29 is 4.74 Å². The molecule has 21 heavy (non-hydrogen) atoms. The van der Waals surface area contributed by atoms with Gasteiger partial charge in [-0.05, 0) is 51.6 Å². The average molecular weight is 304 g/mol. The average Bonchev–Trinajstić information content (AvgIpc) is 2.37. The van der Waals surface area contributed by atoms with E-state index in [0.29, 0.717) is 17.1 Å². The maximum absolute atomic E-state index is 5.59. The van der Waals surface area contributed by atoms with Crippen LogP contribution in [0.2, 0.25) is 0 Å². The lowest BCUT2D eigenvalue weighted by Gasteiger charge is -2.10. The number of hydrogen-bond acceptors (Lipinski definition) is 6. The van der Waals surface area contributed by atoms with Gasteiger partial charge >= 0.3 is 6.01 Å². The summed E-state index contributed by atoms with van der Waals surface area (Å²) in [4.78, 5) is 14.1. The standard InChI is InChI=1S/C15H20N4OS/c1-5-16-13-17-14(20-10(2)3)19-15(18-13)21-12-8-6-7-11(4)9-12/h6-10H,5H2,1-4H3,(H,16,17,18,19). The van der Waals surface area contributed by atoms with Crippen LogP contribution in [0.15, 0.2) is 34.3 Å². The number of ether oxygens (including phenoxy) is 1. The van der Waals surface area contributed by atoms with E-state index in [0.717, 1.165) is 11.4 Å². The van der Waals surface area contributed by atoms with E-state index in [1.165, 1.54) is 17.3 Å². The molecule has 1 N–H and O–H groups in total. The number of nitrogens with one attached hydrogen (secondary N) is 1. The SMILES string of the molecule is CCNc1nc(OC(C)C)nc(Sc2cccc(C)c2)n1. The van der Waals surface area contributed by atoms with Gasteiger partial charge in [0.15, 0.2) is 0 Å². The fourth-order valence-corrected chi connectivity index (χ4v) is 2.53. The van der Waals surface area contributed by atoms with Crippen molar-refractivity contribution in [3.05, 3.63) is 29.8 Å². The minimum atomic E-state index is 0.0266. The van der Waals surface area contributed by atoms with Crippen molar-refractivity contribution in [1.82, 2.24) is 15.0 Å². The lowest BCUT2D eigenvalue weighted by Crippen LogP contribution is -2.11. The second-order valence-corrected chi connectivity index (χ2v) is 5.88. The molecule has 0 saturated heterocycles. The van der Waals surface area contributed by atoms with Crippen molar-refractivity contribution >= 4 is 17.7 Å². The van der Waals surface area contributed by atoms with Gasteiger partial charge in [0.25, 0.3) is 0 Å². The molecule has 2 rings (SSSR count). The molecule has 0 aliphatic carbocycles. The lowest BCUT2D eigenvalue weighted by molar-refractivity contribution is 0.219. The Bertz CT molecular complexity index is 604. The molecule has 0 aliphatic heterocycles. The molecule has 1 heterocycles. The van der Waals surface area contributed by atoms with Crippen molar-refractivity contribution in [2.75, 3.05) is 11.9 Å². The van der Waals surface area contributed by atoms with E-state index in [4.69, 9.17) is 4.74 Å². The highest BCUT2D eigenvalue weighted by atomic mass is 32.2. The maximum Gasteiger partial charge on any atom is 0.322 e. The van der Waals surface area contributed by atoms with Gasteiger partial charge in [-0.3, -0.25) is 0 Å². The van der Waals surface area contributed by atoms with Crippen LogP contribution in [0.1, 0.15) is 26.3 Å². The summed E-state index contributed by atoms with van der Waals surface area (Å²) in [6.07, 6.45) is 0.0266. The summed E-state index contributed by atoms with van der Waals surface area (Å²) in [6.45, 7) is 8.71. The third-order valence-electron chi connectivity index (χ3n) is 2.47. The molecule has 0 aliphatic rings. The Morgan fingerprint density at radius 3 is 2.71 bits per heavy atom. The van der Waals surface area contributed by atoms with Gasteiger partial charge < -0.3 is 10.1 Å². The van der Waals surface area contributed by atoms with E-state index in [-0.39, 0.29) is 6.10 Å². The quantitative estimate of drug-likeness (QED) is 0.880. The van der Waals surface area contributed by atoms with Gasteiger partial charge in [-0.1, -0.05) is 17.7 Å². The zero-order valence-corrected chi connectivity index (χ0v) is 13.6. The van der Waals surface area contributed by atoms with E-state index in [2.05, 4.69) is 39.3 Å². The number of nitrogens with zero attached hydrogens (tertiary/aromatic N) is 3.